The predicted molar refractivity (Wildman–Crippen MR) is 154 cm³/mol. The molecule has 0 spiro atoms. The third kappa shape index (κ3) is 8.09. The highest BCUT2D eigenvalue weighted by Gasteiger charge is 2.18. The van der Waals surface area contributed by atoms with E-state index >= 15 is 0 Å². The van der Waals surface area contributed by atoms with Gasteiger partial charge in [-0.1, -0.05) is 60.7 Å². The van der Waals surface area contributed by atoms with Crippen LogP contribution in [-0.4, -0.2) is 33.7 Å². The molecule has 0 aliphatic carbocycles. The Morgan fingerprint density at radius 1 is 0.795 bits per heavy atom. The average molecular weight is 545 g/mol. The van der Waals surface area contributed by atoms with Gasteiger partial charge in [0.25, 0.3) is 5.91 Å². The molecule has 0 bridgehead atoms. The molecule has 7 nitrogen and oxygen atoms in total. The third-order valence-electron chi connectivity index (χ3n) is 6.05. The van der Waals surface area contributed by atoms with Gasteiger partial charge in [0, 0.05) is 5.56 Å². The lowest BCUT2D eigenvalue weighted by Crippen LogP contribution is -2.29. The van der Waals surface area contributed by atoms with E-state index in [9.17, 15) is 13.2 Å². The van der Waals surface area contributed by atoms with Crippen LogP contribution in [0.15, 0.2) is 103 Å². The summed E-state index contributed by atoms with van der Waals surface area (Å²) in [6.07, 6.45) is 1.17. The molecule has 202 valence electrons. The summed E-state index contributed by atoms with van der Waals surface area (Å²) in [5, 5.41) is 2.84. The molecule has 0 aromatic heterocycles. The van der Waals surface area contributed by atoms with Gasteiger partial charge in [-0.25, -0.2) is 8.42 Å². The van der Waals surface area contributed by atoms with Gasteiger partial charge in [-0.05, 0) is 66.1 Å². The maximum absolute atomic E-state index is 12.6. The van der Waals surface area contributed by atoms with Gasteiger partial charge >= 0.3 is 0 Å². The summed E-state index contributed by atoms with van der Waals surface area (Å²) in [4.78, 5) is 12.5. The molecular weight excluding hydrogens is 512 g/mol. The number of rotatable bonds is 12. The summed E-state index contributed by atoms with van der Waals surface area (Å²) in [5.41, 5.74) is 3.85. The number of amides is 1. The van der Waals surface area contributed by atoms with Gasteiger partial charge in [0.15, 0.2) is 0 Å². The van der Waals surface area contributed by atoms with E-state index in [1.54, 1.807) is 48.5 Å². The van der Waals surface area contributed by atoms with E-state index in [1.807, 2.05) is 61.5 Å². The normalized spacial score (nSPS) is 11.0. The number of ether oxygens (including phenoxy) is 2. The van der Waals surface area contributed by atoms with Crippen molar-refractivity contribution in [1.82, 2.24) is 5.32 Å². The lowest BCUT2D eigenvalue weighted by atomic mass is 10.1. The molecule has 4 aromatic rings. The largest absolute Gasteiger partial charge is 0.491 e. The van der Waals surface area contributed by atoms with Crippen molar-refractivity contribution in [3.8, 4) is 11.5 Å². The van der Waals surface area contributed by atoms with Crippen molar-refractivity contribution < 1.29 is 22.7 Å². The molecule has 0 saturated heterocycles. The molecule has 0 atom stereocenters. The molecule has 8 heteroatoms. The number of anilines is 1. The fraction of sp³-hybridized carbons (Fsp3) is 0.194. The average Bonchev–Trinajstić information content (AvgIpc) is 2.94. The fourth-order valence-electron chi connectivity index (χ4n) is 3.92. The minimum Gasteiger partial charge on any atom is -0.491 e. The van der Waals surface area contributed by atoms with Crippen LogP contribution in [0.4, 0.5) is 5.69 Å². The van der Waals surface area contributed by atoms with E-state index in [1.165, 1.54) is 10.6 Å². The summed E-state index contributed by atoms with van der Waals surface area (Å²) < 4.78 is 38.0. The van der Waals surface area contributed by atoms with Crippen molar-refractivity contribution >= 4 is 21.6 Å². The Balaban J connectivity index is 1.32. The van der Waals surface area contributed by atoms with Gasteiger partial charge in [-0.2, -0.15) is 0 Å². The number of nitrogens with zero attached hydrogens (tertiary/aromatic N) is 1. The highest BCUT2D eigenvalue weighted by molar-refractivity contribution is 7.92. The first-order valence-corrected chi connectivity index (χ1v) is 14.4. The van der Waals surface area contributed by atoms with Crippen LogP contribution in [0.3, 0.4) is 0 Å². The number of para-hydroxylation sites is 1. The second kappa shape index (κ2) is 13.0. The van der Waals surface area contributed by atoms with Gasteiger partial charge in [0.1, 0.15) is 24.7 Å². The first kappa shape index (κ1) is 27.7. The molecule has 0 fully saturated rings. The Kier molecular flexibility index (Phi) is 9.22. The van der Waals surface area contributed by atoms with Gasteiger partial charge in [0.2, 0.25) is 10.0 Å². The van der Waals surface area contributed by atoms with Gasteiger partial charge < -0.3 is 14.8 Å². The monoisotopic (exact) mass is 544 g/mol. The van der Waals surface area contributed by atoms with Crippen LogP contribution in [0.25, 0.3) is 0 Å². The first-order valence-electron chi connectivity index (χ1n) is 12.6. The van der Waals surface area contributed by atoms with Crippen LogP contribution in [0.2, 0.25) is 0 Å². The van der Waals surface area contributed by atoms with Crippen LogP contribution >= 0.6 is 0 Å². The third-order valence-corrected chi connectivity index (χ3v) is 7.20. The number of aryl methyl sites for hydroxylation is 1. The zero-order chi connectivity index (χ0) is 27.7. The number of sulfonamides is 1. The van der Waals surface area contributed by atoms with E-state index in [-0.39, 0.29) is 12.5 Å². The first-order chi connectivity index (χ1) is 18.8. The van der Waals surface area contributed by atoms with Crippen molar-refractivity contribution in [3.05, 3.63) is 125 Å². The summed E-state index contributed by atoms with van der Waals surface area (Å²) in [6, 6.07) is 31.4. The Labute approximate surface area is 230 Å². The zero-order valence-corrected chi connectivity index (χ0v) is 22.9. The van der Waals surface area contributed by atoms with Crippen molar-refractivity contribution in [2.45, 2.75) is 20.1 Å². The van der Waals surface area contributed by atoms with Crippen LogP contribution in [0.5, 0.6) is 11.5 Å². The number of benzene rings is 4. The molecule has 4 rings (SSSR count). The minimum atomic E-state index is -3.55. The Hall–Kier alpha value is -4.30. The lowest BCUT2D eigenvalue weighted by Gasteiger charge is -2.23. The maximum atomic E-state index is 12.6. The van der Waals surface area contributed by atoms with E-state index in [0.29, 0.717) is 36.8 Å². The molecular formula is C31H32N2O5S. The Morgan fingerprint density at radius 3 is 2.13 bits per heavy atom. The molecule has 39 heavy (non-hydrogen) atoms. The number of hydrogen-bond acceptors (Lipinski definition) is 5. The number of nitrogens with one attached hydrogen (secondary N) is 1. The molecule has 0 aliphatic heterocycles. The van der Waals surface area contributed by atoms with Crippen molar-refractivity contribution in [2.75, 3.05) is 23.7 Å². The zero-order valence-electron chi connectivity index (χ0n) is 22.0. The second-order valence-corrected chi connectivity index (χ2v) is 11.0. The predicted octanol–water partition coefficient (Wildman–Crippen LogP) is 5.35. The van der Waals surface area contributed by atoms with Crippen molar-refractivity contribution in [3.63, 3.8) is 0 Å². The summed E-state index contributed by atoms with van der Waals surface area (Å²) in [5.74, 6) is 1.22. The second-order valence-electron chi connectivity index (χ2n) is 9.10. The molecule has 0 unspecified atom stereocenters. The summed E-state index contributed by atoms with van der Waals surface area (Å²) >= 11 is 0. The smallest absolute Gasteiger partial charge is 0.251 e. The van der Waals surface area contributed by atoms with Crippen molar-refractivity contribution in [1.29, 1.82) is 0 Å². The summed E-state index contributed by atoms with van der Waals surface area (Å²) in [6.45, 7) is 3.25. The quantitative estimate of drug-likeness (QED) is 0.243. The highest BCUT2D eigenvalue weighted by atomic mass is 32.2. The van der Waals surface area contributed by atoms with Crippen molar-refractivity contribution in [2.24, 2.45) is 0 Å². The number of carbonyl (C=O) groups excluding carboxylic acids is 1. The topological polar surface area (TPSA) is 84.9 Å². The minimum absolute atomic E-state index is 0.134. The number of hydrogen-bond donors (Lipinski definition) is 1. The van der Waals surface area contributed by atoms with Gasteiger partial charge in [-0.15, -0.1) is 0 Å². The molecule has 1 amide bonds. The Bertz CT molecular complexity index is 1470. The standard InChI is InChI=1S/C31H32N2O5S/c1-24-8-6-7-11-30(24)37-21-20-32-31(34)27-14-12-25(13-15-27)22-33(39(2,35)36)28-16-18-29(19-17-28)38-23-26-9-4-3-5-10-26/h3-19H,20-23H2,1-2H3,(H,32,34). The van der Waals surface area contributed by atoms with E-state index in [0.717, 1.165) is 22.4 Å². The van der Waals surface area contributed by atoms with Crippen LogP contribution in [0.1, 0.15) is 27.0 Å². The van der Waals surface area contributed by atoms with Crippen LogP contribution < -0.4 is 19.1 Å². The SMILES string of the molecule is Cc1ccccc1OCCNC(=O)c1ccc(CN(c2ccc(OCc3ccccc3)cc2)S(C)(=O)=O)cc1. The van der Waals surface area contributed by atoms with E-state index in [2.05, 4.69) is 5.32 Å². The molecule has 0 radical (unpaired) electrons. The molecule has 1 N–H and O–H groups in total. The molecule has 0 saturated carbocycles. The van der Waals surface area contributed by atoms with Gasteiger partial charge in [-0.3, -0.25) is 9.10 Å². The van der Waals surface area contributed by atoms with E-state index in [4.69, 9.17) is 9.47 Å². The lowest BCUT2D eigenvalue weighted by molar-refractivity contribution is 0.0947. The number of carbonyl (C=O) groups is 1. The highest BCUT2D eigenvalue weighted by Crippen LogP contribution is 2.24. The Morgan fingerprint density at radius 2 is 1.46 bits per heavy atom. The molecule has 0 aliphatic rings. The maximum Gasteiger partial charge on any atom is 0.251 e. The fourth-order valence-corrected chi connectivity index (χ4v) is 4.81. The van der Waals surface area contributed by atoms with E-state index < -0.39 is 10.0 Å². The summed E-state index contributed by atoms with van der Waals surface area (Å²) in [7, 11) is -3.55. The molecule has 0 heterocycles. The van der Waals surface area contributed by atoms with Crippen LogP contribution in [-0.2, 0) is 23.2 Å². The van der Waals surface area contributed by atoms with Crippen LogP contribution in [0, 0.1) is 6.92 Å². The van der Waals surface area contributed by atoms with Gasteiger partial charge in [0.05, 0.1) is 25.0 Å². The molecule has 4 aromatic carbocycles.